The van der Waals surface area contributed by atoms with E-state index >= 15 is 0 Å². The van der Waals surface area contributed by atoms with Crippen LogP contribution in [0.5, 0.6) is 11.5 Å². The molecule has 2 heterocycles. The van der Waals surface area contributed by atoms with Crippen molar-refractivity contribution in [1.29, 1.82) is 0 Å². The van der Waals surface area contributed by atoms with Gasteiger partial charge < -0.3 is 4.74 Å². The van der Waals surface area contributed by atoms with Crippen LogP contribution in [0.3, 0.4) is 0 Å². The van der Waals surface area contributed by atoms with Crippen molar-refractivity contribution >= 4 is 23.4 Å². The van der Waals surface area contributed by atoms with Gasteiger partial charge in [0.1, 0.15) is 11.5 Å². The minimum atomic E-state index is 0.906. The standard InChI is InChI=1S/C19H19ClN2O/c20-22-11-9-21(10-12-22)14-16-13-15-5-1-3-7-18(15)23-19-8-4-2-6-17(16)19/h1-8,13H,9-12,14H2. The fourth-order valence-corrected chi connectivity index (χ4v) is 3.30. The molecule has 0 radical (unpaired) electrons. The predicted molar refractivity (Wildman–Crippen MR) is 94.7 cm³/mol. The molecule has 118 valence electrons. The van der Waals surface area contributed by atoms with Crippen LogP contribution in [-0.2, 0) is 0 Å². The van der Waals surface area contributed by atoms with Gasteiger partial charge in [-0.05, 0) is 35.6 Å². The minimum absolute atomic E-state index is 0.906. The molecule has 0 aliphatic carbocycles. The molecule has 0 N–H and O–H groups in total. The SMILES string of the molecule is ClN1CCN(CC2=Cc3ccccc3Oc3ccccc32)CC1. The van der Waals surface area contributed by atoms with Crippen LogP contribution in [0, 0.1) is 0 Å². The highest BCUT2D eigenvalue weighted by Gasteiger charge is 2.20. The van der Waals surface area contributed by atoms with Crippen LogP contribution in [-0.4, -0.2) is 42.0 Å². The van der Waals surface area contributed by atoms with Crippen LogP contribution in [0.2, 0.25) is 0 Å². The lowest BCUT2D eigenvalue weighted by Crippen LogP contribution is -2.42. The molecule has 4 heteroatoms. The molecule has 1 saturated heterocycles. The maximum atomic E-state index is 6.14. The molecule has 1 fully saturated rings. The van der Waals surface area contributed by atoms with Crippen LogP contribution in [0.25, 0.3) is 11.6 Å². The molecule has 0 aromatic heterocycles. The van der Waals surface area contributed by atoms with Gasteiger partial charge >= 0.3 is 0 Å². The lowest BCUT2D eigenvalue weighted by atomic mass is 10.0. The lowest BCUT2D eigenvalue weighted by molar-refractivity contribution is 0.211. The number of ether oxygens (including phenoxy) is 1. The second-order valence-electron chi connectivity index (χ2n) is 5.99. The summed E-state index contributed by atoms with van der Waals surface area (Å²) in [6, 6.07) is 16.5. The number of rotatable bonds is 2. The number of benzene rings is 2. The van der Waals surface area contributed by atoms with E-state index in [1.807, 2.05) is 28.7 Å². The Labute approximate surface area is 141 Å². The highest BCUT2D eigenvalue weighted by molar-refractivity contribution is 6.13. The van der Waals surface area contributed by atoms with E-state index in [-0.39, 0.29) is 0 Å². The molecule has 0 saturated carbocycles. The van der Waals surface area contributed by atoms with Crippen molar-refractivity contribution < 1.29 is 4.74 Å². The number of nitrogens with zero attached hydrogens (tertiary/aromatic N) is 2. The van der Waals surface area contributed by atoms with Gasteiger partial charge in [-0.3, -0.25) is 4.90 Å². The third-order valence-corrected chi connectivity index (χ3v) is 4.75. The van der Waals surface area contributed by atoms with Gasteiger partial charge in [-0.2, -0.15) is 0 Å². The van der Waals surface area contributed by atoms with Gasteiger partial charge in [0, 0.05) is 43.9 Å². The molecule has 2 aliphatic heterocycles. The highest BCUT2D eigenvalue weighted by Crippen LogP contribution is 2.38. The molecule has 4 rings (SSSR count). The normalized spacial score (nSPS) is 18.4. The Morgan fingerprint density at radius 1 is 0.870 bits per heavy atom. The average Bonchev–Trinajstić information content (AvgIpc) is 2.73. The Balaban J connectivity index is 1.69. The Bertz CT molecular complexity index is 736. The van der Waals surface area contributed by atoms with E-state index in [0.29, 0.717) is 0 Å². The summed E-state index contributed by atoms with van der Waals surface area (Å²) in [6.45, 7) is 4.71. The van der Waals surface area contributed by atoms with E-state index in [1.165, 1.54) is 11.1 Å². The number of piperazine rings is 1. The van der Waals surface area contributed by atoms with Crippen LogP contribution >= 0.6 is 11.8 Å². The summed E-state index contributed by atoms with van der Waals surface area (Å²) < 4.78 is 8.00. The maximum Gasteiger partial charge on any atom is 0.135 e. The maximum absolute atomic E-state index is 6.14. The molecule has 0 spiro atoms. The largest absolute Gasteiger partial charge is 0.456 e. The first-order chi connectivity index (χ1) is 11.3. The Kier molecular flexibility index (Phi) is 4.08. The zero-order valence-corrected chi connectivity index (χ0v) is 13.7. The van der Waals surface area contributed by atoms with Gasteiger partial charge in [0.15, 0.2) is 0 Å². The Hall–Kier alpha value is -1.81. The first kappa shape index (κ1) is 14.8. The fraction of sp³-hybridized carbons (Fsp3) is 0.263. The third kappa shape index (κ3) is 3.13. The zero-order valence-electron chi connectivity index (χ0n) is 12.9. The van der Waals surface area contributed by atoms with E-state index in [2.05, 4.69) is 35.2 Å². The van der Waals surface area contributed by atoms with Crippen LogP contribution in [0.1, 0.15) is 11.1 Å². The molecule has 23 heavy (non-hydrogen) atoms. The van der Waals surface area contributed by atoms with Gasteiger partial charge in [0.25, 0.3) is 0 Å². The molecular formula is C19H19ClN2O. The zero-order chi connectivity index (χ0) is 15.6. The number of fused-ring (bicyclic) bond motifs is 2. The number of para-hydroxylation sites is 2. The van der Waals surface area contributed by atoms with E-state index < -0.39 is 0 Å². The highest BCUT2D eigenvalue weighted by atomic mass is 35.5. The monoisotopic (exact) mass is 326 g/mol. The number of hydrogen-bond donors (Lipinski definition) is 0. The van der Waals surface area contributed by atoms with Crippen molar-refractivity contribution in [1.82, 2.24) is 9.32 Å². The first-order valence-corrected chi connectivity index (χ1v) is 8.33. The van der Waals surface area contributed by atoms with Gasteiger partial charge in [-0.15, -0.1) is 0 Å². The summed E-state index contributed by atoms with van der Waals surface area (Å²) in [7, 11) is 0. The van der Waals surface area contributed by atoms with Crippen LogP contribution in [0.15, 0.2) is 48.5 Å². The van der Waals surface area contributed by atoms with E-state index in [9.17, 15) is 0 Å². The van der Waals surface area contributed by atoms with Gasteiger partial charge in [0.05, 0.1) is 0 Å². The molecule has 0 atom stereocenters. The van der Waals surface area contributed by atoms with Crippen molar-refractivity contribution in [2.45, 2.75) is 0 Å². The van der Waals surface area contributed by atoms with Crippen molar-refractivity contribution in [2.75, 3.05) is 32.7 Å². The first-order valence-electron chi connectivity index (χ1n) is 7.99. The smallest absolute Gasteiger partial charge is 0.135 e. The molecular weight excluding hydrogens is 308 g/mol. The molecule has 3 nitrogen and oxygen atoms in total. The Morgan fingerprint density at radius 2 is 1.57 bits per heavy atom. The van der Waals surface area contributed by atoms with Crippen molar-refractivity contribution in [2.24, 2.45) is 0 Å². The number of halogens is 1. The van der Waals surface area contributed by atoms with E-state index in [1.54, 1.807) is 0 Å². The van der Waals surface area contributed by atoms with Gasteiger partial charge in [-0.1, -0.05) is 36.4 Å². The molecule has 2 aliphatic rings. The second kappa shape index (κ2) is 6.36. The van der Waals surface area contributed by atoms with Crippen LogP contribution in [0.4, 0.5) is 0 Å². The summed E-state index contributed by atoms with van der Waals surface area (Å²) in [6.07, 6.45) is 2.26. The van der Waals surface area contributed by atoms with Gasteiger partial charge in [0.2, 0.25) is 0 Å². The molecule has 0 amide bonds. The van der Waals surface area contributed by atoms with Crippen LogP contribution < -0.4 is 4.74 Å². The predicted octanol–water partition coefficient (Wildman–Crippen LogP) is 4.10. The topological polar surface area (TPSA) is 15.7 Å². The molecule has 2 aromatic carbocycles. The van der Waals surface area contributed by atoms with E-state index in [0.717, 1.165) is 49.8 Å². The Morgan fingerprint density at radius 3 is 2.39 bits per heavy atom. The van der Waals surface area contributed by atoms with Crippen molar-refractivity contribution in [3.63, 3.8) is 0 Å². The quantitative estimate of drug-likeness (QED) is 0.773. The second-order valence-corrected chi connectivity index (χ2v) is 6.47. The van der Waals surface area contributed by atoms with Gasteiger partial charge in [-0.25, -0.2) is 4.42 Å². The van der Waals surface area contributed by atoms with Crippen molar-refractivity contribution in [3.8, 4) is 11.5 Å². The summed E-state index contributed by atoms with van der Waals surface area (Å²) in [5.41, 5.74) is 3.61. The summed E-state index contributed by atoms with van der Waals surface area (Å²) >= 11 is 6.07. The lowest BCUT2D eigenvalue weighted by Gasteiger charge is -2.31. The summed E-state index contributed by atoms with van der Waals surface area (Å²) in [4.78, 5) is 2.45. The molecule has 0 unspecified atom stereocenters. The third-order valence-electron chi connectivity index (χ3n) is 4.41. The minimum Gasteiger partial charge on any atom is -0.456 e. The molecule has 0 bridgehead atoms. The summed E-state index contributed by atoms with van der Waals surface area (Å²) in [5.74, 6) is 1.85. The fourth-order valence-electron chi connectivity index (χ4n) is 3.15. The number of hydrogen-bond acceptors (Lipinski definition) is 3. The average molecular weight is 327 g/mol. The summed E-state index contributed by atoms with van der Waals surface area (Å²) in [5, 5.41) is 0. The van der Waals surface area contributed by atoms with E-state index in [4.69, 9.17) is 16.5 Å². The molecule has 2 aromatic rings. The van der Waals surface area contributed by atoms with Crippen molar-refractivity contribution in [3.05, 3.63) is 59.7 Å².